The molecule has 0 spiro atoms. The lowest BCUT2D eigenvalue weighted by atomic mass is 10.1. The first kappa shape index (κ1) is 20.6. The quantitative estimate of drug-likeness (QED) is 0.493. The number of hydrogen-bond acceptors (Lipinski definition) is 5. The zero-order valence-corrected chi connectivity index (χ0v) is 15.4. The van der Waals surface area contributed by atoms with E-state index in [2.05, 4.69) is 20.9 Å². The van der Waals surface area contributed by atoms with Crippen molar-refractivity contribution in [2.24, 2.45) is 0 Å². The average Bonchev–Trinajstić information content (AvgIpc) is 2.74. The van der Waals surface area contributed by atoms with E-state index in [4.69, 9.17) is 0 Å². The van der Waals surface area contributed by atoms with E-state index in [1.165, 1.54) is 31.4 Å². The van der Waals surface area contributed by atoms with Crippen LogP contribution in [0.4, 0.5) is 0 Å². The van der Waals surface area contributed by atoms with Crippen LogP contribution in [-0.4, -0.2) is 30.8 Å². The summed E-state index contributed by atoms with van der Waals surface area (Å²) in [6.45, 7) is 0.383. The molecule has 0 saturated carbocycles. The molecule has 2 rings (SSSR count). The maximum atomic E-state index is 12.1. The Balaban J connectivity index is 1.72. The molecule has 2 aromatic carbocycles. The molecule has 2 aromatic rings. The Hall–Kier alpha value is -3.68. The molecule has 28 heavy (non-hydrogen) atoms. The van der Waals surface area contributed by atoms with Gasteiger partial charge in [0.1, 0.15) is 0 Å². The number of carbonyl (C=O) groups excluding carboxylic acids is 4. The van der Waals surface area contributed by atoms with Gasteiger partial charge in [0.05, 0.1) is 12.7 Å². The summed E-state index contributed by atoms with van der Waals surface area (Å²) in [5.41, 5.74) is 5.84. The smallest absolute Gasteiger partial charge is 0.337 e. The van der Waals surface area contributed by atoms with Crippen LogP contribution in [0, 0.1) is 0 Å². The molecule has 0 atom stereocenters. The van der Waals surface area contributed by atoms with E-state index in [-0.39, 0.29) is 29.9 Å². The predicted octanol–water partition coefficient (Wildman–Crippen LogP) is 1.33. The Morgan fingerprint density at radius 2 is 1.50 bits per heavy atom. The molecule has 8 nitrogen and oxygen atoms in total. The normalized spacial score (nSPS) is 9.89. The molecule has 0 heterocycles. The highest BCUT2D eigenvalue weighted by atomic mass is 16.5. The van der Waals surface area contributed by atoms with E-state index >= 15 is 0 Å². The molecule has 8 heteroatoms. The average molecular weight is 383 g/mol. The van der Waals surface area contributed by atoms with Gasteiger partial charge in [-0.2, -0.15) is 0 Å². The van der Waals surface area contributed by atoms with Gasteiger partial charge in [-0.05, 0) is 23.8 Å². The van der Waals surface area contributed by atoms with Crippen molar-refractivity contribution in [2.75, 3.05) is 7.11 Å². The molecule has 0 aliphatic rings. The summed E-state index contributed by atoms with van der Waals surface area (Å²) in [7, 11) is 1.24. The highest BCUT2D eigenvalue weighted by Gasteiger charge is 2.12. The lowest BCUT2D eigenvalue weighted by Gasteiger charge is -2.09. The first-order chi connectivity index (χ1) is 13.5. The fraction of sp³-hybridized carbons (Fsp3) is 0.200. The van der Waals surface area contributed by atoms with E-state index in [9.17, 15) is 19.2 Å². The van der Waals surface area contributed by atoms with Crippen LogP contribution in [0.1, 0.15) is 39.1 Å². The third-order valence-electron chi connectivity index (χ3n) is 3.77. The van der Waals surface area contributed by atoms with Crippen molar-refractivity contribution in [1.82, 2.24) is 16.2 Å². The summed E-state index contributed by atoms with van der Waals surface area (Å²) in [6, 6.07) is 15.3. The van der Waals surface area contributed by atoms with E-state index in [0.29, 0.717) is 6.54 Å². The standard InChI is InChI=1S/C20H21N3O5/c1-28-20(27)16-9-5-8-15(12-16)19(26)23-22-18(25)11-10-17(24)21-13-14-6-3-2-4-7-14/h2-9,12H,10-11,13H2,1H3,(H,21,24)(H,22,25)(H,23,26). The predicted molar refractivity (Wildman–Crippen MR) is 101 cm³/mol. The number of nitrogens with one attached hydrogen (secondary N) is 3. The van der Waals surface area contributed by atoms with Gasteiger partial charge in [0.2, 0.25) is 11.8 Å². The van der Waals surface area contributed by atoms with E-state index < -0.39 is 17.8 Å². The third kappa shape index (κ3) is 6.56. The van der Waals surface area contributed by atoms with Gasteiger partial charge >= 0.3 is 5.97 Å². The zero-order valence-electron chi connectivity index (χ0n) is 15.4. The van der Waals surface area contributed by atoms with E-state index in [1.807, 2.05) is 30.3 Å². The van der Waals surface area contributed by atoms with Crippen molar-refractivity contribution in [1.29, 1.82) is 0 Å². The van der Waals surface area contributed by atoms with Gasteiger partial charge < -0.3 is 10.1 Å². The number of carbonyl (C=O) groups is 4. The van der Waals surface area contributed by atoms with Crippen LogP contribution in [0.2, 0.25) is 0 Å². The number of benzene rings is 2. The summed E-state index contributed by atoms with van der Waals surface area (Å²) in [4.78, 5) is 47.1. The van der Waals surface area contributed by atoms with E-state index in [1.54, 1.807) is 0 Å². The second-order valence-corrected chi connectivity index (χ2v) is 5.84. The highest BCUT2D eigenvalue weighted by molar-refractivity contribution is 5.98. The largest absolute Gasteiger partial charge is 0.465 e. The molecule has 3 N–H and O–H groups in total. The molecule has 0 saturated heterocycles. The van der Waals surface area contributed by atoms with Crippen LogP contribution in [0.5, 0.6) is 0 Å². The second-order valence-electron chi connectivity index (χ2n) is 5.84. The van der Waals surface area contributed by atoms with Gasteiger partial charge in [0.15, 0.2) is 0 Å². The summed E-state index contributed by atoms with van der Waals surface area (Å²) in [5.74, 6) is -1.93. The molecule has 0 radical (unpaired) electrons. The van der Waals surface area contributed by atoms with Crippen molar-refractivity contribution in [3.8, 4) is 0 Å². The Morgan fingerprint density at radius 1 is 0.821 bits per heavy atom. The lowest BCUT2D eigenvalue weighted by molar-refractivity contribution is -0.126. The molecule has 0 unspecified atom stereocenters. The minimum Gasteiger partial charge on any atom is -0.465 e. The maximum Gasteiger partial charge on any atom is 0.337 e. The molecule has 3 amide bonds. The van der Waals surface area contributed by atoms with Crippen LogP contribution in [0.25, 0.3) is 0 Å². The first-order valence-electron chi connectivity index (χ1n) is 8.58. The minimum atomic E-state index is -0.590. The fourth-order valence-corrected chi connectivity index (χ4v) is 2.28. The number of rotatable bonds is 7. The summed E-state index contributed by atoms with van der Waals surface area (Å²) in [6.07, 6.45) is -0.0878. The monoisotopic (exact) mass is 383 g/mol. The molecular weight excluding hydrogens is 362 g/mol. The van der Waals surface area contributed by atoms with Gasteiger partial charge in [0.25, 0.3) is 5.91 Å². The van der Waals surface area contributed by atoms with Gasteiger partial charge in [-0.1, -0.05) is 36.4 Å². The molecule has 0 aromatic heterocycles. The summed E-state index contributed by atoms with van der Waals surface area (Å²) >= 11 is 0. The summed E-state index contributed by atoms with van der Waals surface area (Å²) < 4.78 is 4.59. The molecular formula is C20H21N3O5. The van der Waals surface area contributed by atoms with Gasteiger partial charge in [0, 0.05) is 24.9 Å². The Labute approximate surface area is 162 Å². The Morgan fingerprint density at radius 3 is 2.21 bits per heavy atom. The van der Waals surface area contributed by atoms with Gasteiger partial charge in [-0.25, -0.2) is 4.79 Å². The van der Waals surface area contributed by atoms with Crippen LogP contribution in [0.15, 0.2) is 54.6 Å². The van der Waals surface area contributed by atoms with Crippen LogP contribution in [-0.2, 0) is 20.9 Å². The molecule has 0 bridgehead atoms. The number of hydrazine groups is 1. The number of hydrogen-bond donors (Lipinski definition) is 3. The van der Waals surface area contributed by atoms with Crippen molar-refractivity contribution in [3.63, 3.8) is 0 Å². The third-order valence-corrected chi connectivity index (χ3v) is 3.77. The molecule has 0 aliphatic heterocycles. The number of esters is 1. The first-order valence-corrected chi connectivity index (χ1v) is 8.58. The zero-order chi connectivity index (χ0) is 20.4. The SMILES string of the molecule is COC(=O)c1cccc(C(=O)NNC(=O)CCC(=O)NCc2ccccc2)c1. The molecule has 0 aliphatic carbocycles. The second kappa shape index (κ2) is 10.5. The maximum absolute atomic E-state index is 12.1. The van der Waals surface area contributed by atoms with E-state index in [0.717, 1.165) is 5.56 Å². The van der Waals surface area contributed by atoms with Crippen molar-refractivity contribution in [3.05, 3.63) is 71.3 Å². The fourth-order valence-electron chi connectivity index (χ4n) is 2.28. The molecule has 0 fully saturated rings. The highest BCUT2D eigenvalue weighted by Crippen LogP contribution is 2.06. The number of amides is 3. The summed E-state index contributed by atoms with van der Waals surface area (Å²) in [5, 5.41) is 2.72. The molecule has 146 valence electrons. The minimum absolute atomic E-state index is 0.00758. The van der Waals surface area contributed by atoms with Crippen molar-refractivity contribution >= 4 is 23.7 Å². The topological polar surface area (TPSA) is 114 Å². The Bertz CT molecular complexity index is 852. The van der Waals surface area contributed by atoms with Crippen LogP contribution < -0.4 is 16.2 Å². The van der Waals surface area contributed by atoms with Crippen molar-refractivity contribution < 1.29 is 23.9 Å². The van der Waals surface area contributed by atoms with Crippen LogP contribution >= 0.6 is 0 Å². The van der Waals surface area contributed by atoms with Gasteiger partial charge in [-0.3, -0.25) is 25.2 Å². The number of methoxy groups -OCH3 is 1. The van der Waals surface area contributed by atoms with Crippen molar-refractivity contribution in [2.45, 2.75) is 19.4 Å². The lowest BCUT2D eigenvalue weighted by Crippen LogP contribution is -2.42. The van der Waals surface area contributed by atoms with Crippen LogP contribution in [0.3, 0.4) is 0 Å². The Kier molecular flexibility index (Phi) is 7.71. The number of ether oxygens (including phenoxy) is 1. The van der Waals surface area contributed by atoms with Gasteiger partial charge in [-0.15, -0.1) is 0 Å².